The van der Waals surface area contributed by atoms with Crippen molar-refractivity contribution < 1.29 is 38.5 Å². The standard InChI is InChI=1S/C35H50F2N2O6/c1-19(4-10-30(42)39-28(33(44)45)9-11-31(43)38-27-8-5-21(36)18-26(27)37)23-6-7-24-32-25(13-15-35(23,24)3)34(2)14-12-22(40)16-20(34)17-29(32)41/h5,8,18-20,22-25,28-29,32,40-41H,4,6-7,9-17H2,1-3H3,(H,38,43)(H,39,42)(H,44,45)/t19-,20+,22-,23-,24+,25+,28+,29-,32+,34+,35-/m1/s1. The van der Waals surface area contributed by atoms with E-state index in [1.54, 1.807) is 0 Å². The number of aliphatic hydroxyl groups excluding tert-OH is 2. The Morgan fingerprint density at radius 3 is 2.33 bits per heavy atom. The molecule has 0 bridgehead atoms. The van der Waals surface area contributed by atoms with Crippen molar-refractivity contribution in [3.8, 4) is 0 Å². The van der Waals surface area contributed by atoms with E-state index in [2.05, 4.69) is 31.4 Å². The highest BCUT2D eigenvalue weighted by molar-refractivity contribution is 5.91. The molecule has 0 spiro atoms. The maximum Gasteiger partial charge on any atom is 0.326 e. The molecule has 4 fully saturated rings. The molecule has 4 aliphatic rings. The average molecular weight is 633 g/mol. The summed E-state index contributed by atoms with van der Waals surface area (Å²) in [5.74, 6) is -1.78. The lowest BCUT2D eigenvalue weighted by Gasteiger charge is -2.62. The molecule has 4 aliphatic carbocycles. The predicted molar refractivity (Wildman–Crippen MR) is 165 cm³/mol. The third-order valence-corrected chi connectivity index (χ3v) is 12.7. The summed E-state index contributed by atoms with van der Waals surface area (Å²) in [5, 5.41) is 36.3. The highest BCUT2D eigenvalue weighted by Crippen LogP contribution is 2.68. The Bertz CT molecular complexity index is 1280. The van der Waals surface area contributed by atoms with Gasteiger partial charge in [0, 0.05) is 18.9 Å². The molecular weight excluding hydrogens is 582 g/mol. The van der Waals surface area contributed by atoms with Crippen molar-refractivity contribution in [3.05, 3.63) is 29.8 Å². The Kier molecular flexibility index (Phi) is 9.95. The molecule has 10 heteroatoms. The number of carboxylic acids is 1. The molecule has 0 aromatic heterocycles. The number of anilines is 1. The zero-order chi connectivity index (χ0) is 32.7. The van der Waals surface area contributed by atoms with Crippen molar-refractivity contribution in [1.29, 1.82) is 0 Å². The van der Waals surface area contributed by atoms with Gasteiger partial charge < -0.3 is 26.0 Å². The van der Waals surface area contributed by atoms with Crippen molar-refractivity contribution in [3.63, 3.8) is 0 Å². The van der Waals surface area contributed by atoms with Crippen molar-refractivity contribution in [2.75, 3.05) is 5.32 Å². The number of carboxylic acid groups (broad SMARTS) is 1. The van der Waals surface area contributed by atoms with Crippen LogP contribution in [0.2, 0.25) is 0 Å². The van der Waals surface area contributed by atoms with Crippen LogP contribution in [-0.2, 0) is 14.4 Å². The predicted octanol–water partition coefficient (Wildman–Crippen LogP) is 5.66. The third kappa shape index (κ3) is 6.78. The molecule has 4 saturated carbocycles. The minimum atomic E-state index is -1.26. The summed E-state index contributed by atoms with van der Waals surface area (Å²) in [6.45, 7) is 6.98. The van der Waals surface area contributed by atoms with Crippen molar-refractivity contribution >= 4 is 23.5 Å². The minimum Gasteiger partial charge on any atom is -0.480 e. The van der Waals surface area contributed by atoms with Gasteiger partial charge in [0.2, 0.25) is 11.8 Å². The number of hydrogen-bond acceptors (Lipinski definition) is 5. The average Bonchev–Trinajstić information content (AvgIpc) is 3.33. The number of aliphatic carboxylic acids is 1. The number of carbonyl (C=O) groups is 3. The lowest BCUT2D eigenvalue weighted by molar-refractivity contribution is -0.174. The number of halogens is 2. The topological polar surface area (TPSA) is 136 Å². The summed E-state index contributed by atoms with van der Waals surface area (Å²) in [5.41, 5.74) is 0.0501. The molecule has 1 aromatic rings. The first kappa shape index (κ1) is 33.8. The summed E-state index contributed by atoms with van der Waals surface area (Å²) in [7, 11) is 0. The molecular formula is C35H50F2N2O6. The van der Waals surface area contributed by atoms with Crippen LogP contribution in [0.1, 0.15) is 97.8 Å². The van der Waals surface area contributed by atoms with E-state index in [1.165, 1.54) is 0 Å². The molecule has 11 atom stereocenters. The smallest absolute Gasteiger partial charge is 0.326 e. The van der Waals surface area contributed by atoms with E-state index < -0.39 is 29.6 Å². The molecule has 8 nitrogen and oxygen atoms in total. The molecule has 0 aliphatic heterocycles. The lowest BCUT2D eigenvalue weighted by Crippen LogP contribution is -2.58. The van der Waals surface area contributed by atoms with Crippen molar-refractivity contribution in [2.24, 2.45) is 46.3 Å². The van der Waals surface area contributed by atoms with Crippen LogP contribution in [0.3, 0.4) is 0 Å². The SMILES string of the molecule is C[C@H](CCC(=O)N[C@@H](CCC(=O)Nc1ccc(F)cc1F)C(=O)O)[C@H]1CC[C@H]2[C@@H]3[C@H](O)C[C@@H]4C[C@H](O)CC[C@]4(C)[C@H]3CC[C@]12C. The third-order valence-electron chi connectivity index (χ3n) is 12.7. The molecule has 45 heavy (non-hydrogen) atoms. The number of rotatable bonds is 10. The van der Waals surface area contributed by atoms with E-state index in [4.69, 9.17) is 0 Å². The van der Waals surface area contributed by atoms with Crippen LogP contribution in [0, 0.1) is 58.0 Å². The highest BCUT2D eigenvalue weighted by atomic mass is 19.1. The van der Waals surface area contributed by atoms with Gasteiger partial charge in [-0.15, -0.1) is 0 Å². The van der Waals surface area contributed by atoms with Crippen LogP contribution in [0.15, 0.2) is 18.2 Å². The molecule has 0 saturated heterocycles. The van der Waals surface area contributed by atoms with Gasteiger partial charge in [0.25, 0.3) is 0 Å². The van der Waals surface area contributed by atoms with Crippen LogP contribution in [0.4, 0.5) is 14.5 Å². The summed E-state index contributed by atoms with van der Waals surface area (Å²) in [6.07, 6.45) is 7.53. The Hall–Kier alpha value is -2.59. The maximum atomic E-state index is 13.8. The molecule has 2 amide bonds. The monoisotopic (exact) mass is 632 g/mol. The molecule has 1 aromatic carbocycles. The second kappa shape index (κ2) is 13.3. The van der Waals surface area contributed by atoms with E-state index in [9.17, 15) is 38.5 Å². The van der Waals surface area contributed by atoms with Crippen molar-refractivity contribution in [2.45, 2.75) is 116 Å². The number of amides is 2. The lowest BCUT2D eigenvalue weighted by atomic mass is 9.43. The fourth-order valence-electron chi connectivity index (χ4n) is 10.3. The van der Waals surface area contributed by atoms with Gasteiger partial charge >= 0.3 is 5.97 Å². The van der Waals surface area contributed by atoms with Gasteiger partial charge in [-0.05, 0) is 123 Å². The van der Waals surface area contributed by atoms with E-state index in [0.717, 1.165) is 63.5 Å². The van der Waals surface area contributed by atoms with Gasteiger partial charge in [-0.1, -0.05) is 20.8 Å². The molecule has 0 radical (unpaired) electrons. The van der Waals surface area contributed by atoms with Crippen LogP contribution in [0.25, 0.3) is 0 Å². The number of benzene rings is 1. The molecule has 250 valence electrons. The number of nitrogens with one attached hydrogen (secondary N) is 2. The Morgan fingerprint density at radius 2 is 1.62 bits per heavy atom. The first-order valence-electron chi connectivity index (χ1n) is 16.9. The minimum absolute atomic E-state index is 0.0797. The largest absolute Gasteiger partial charge is 0.480 e. The number of hydrogen-bond donors (Lipinski definition) is 5. The molecule has 5 rings (SSSR count). The summed E-state index contributed by atoms with van der Waals surface area (Å²) in [6, 6.07) is 1.48. The van der Waals surface area contributed by atoms with Crippen LogP contribution in [0.5, 0.6) is 0 Å². The Balaban J connectivity index is 1.13. The maximum absolute atomic E-state index is 13.8. The zero-order valence-corrected chi connectivity index (χ0v) is 26.7. The number of aliphatic hydroxyl groups is 2. The fraction of sp³-hybridized carbons (Fsp3) is 0.743. The summed E-state index contributed by atoms with van der Waals surface area (Å²) < 4.78 is 27.0. The number of fused-ring (bicyclic) bond motifs is 5. The first-order valence-corrected chi connectivity index (χ1v) is 16.9. The Morgan fingerprint density at radius 1 is 0.933 bits per heavy atom. The first-order chi connectivity index (χ1) is 21.2. The van der Waals surface area contributed by atoms with Crippen molar-refractivity contribution in [1.82, 2.24) is 5.32 Å². The van der Waals surface area contributed by atoms with E-state index in [0.29, 0.717) is 36.2 Å². The Labute approximate surface area is 264 Å². The second-order valence-corrected chi connectivity index (χ2v) is 15.1. The van der Waals surface area contributed by atoms with Gasteiger partial charge in [0.05, 0.1) is 17.9 Å². The van der Waals surface area contributed by atoms with Gasteiger partial charge in [0.1, 0.15) is 17.7 Å². The van der Waals surface area contributed by atoms with Gasteiger partial charge in [-0.2, -0.15) is 0 Å². The second-order valence-electron chi connectivity index (χ2n) is 15.1. The van der Waals surface area contributed by atoms with E-state index >= 15 is 0 Å². The fourth-order valence-corrected chi connectivity index (χ4v) is 10.3. The van der Waals surface area contributed by atoms with Crippen LogP contribution in [-0.4, -0.2) is 51.4 Å². The van der Waals surface area contributed by atoms with E-state index in [-0.39, 0.29) is 65.7 Å². The molecule has 0 unspecified atom stereocenters. The number of carbonyl (C=O) groups excluding carboxylic acids is 2. The normalized spacial score (nSPS) is 37.0. The van der Waals surface area contributed by atoms with Crippen LogP contribution < -0.4 is 10.6 Å². The van der Waals surface area contributed by atoms with Gasteiger partial charge in [-0.3, -0.25) is 9.59 Å². The van der Waals surface area contributed by atoms with Gasteiger partial charge in [-0.25, -0.2) is 13.6 Å². The summed E-state index contributed by atoms with van der Waals surface area (Å²) in [4.78, 5) is 37.0. The highest BCUT2D eigenvalue weighted by Gasteiger charge is 2.62. The summed E-state index contributed by atoms with van der Waals surface area (Å²) >= 11 is 0. The zero-order valence-electron chi connectivity index (χ0n) is 26.7. The van der Waals surface area contributed by atoms with E-state index in [1.807, 2.05) is 0 Å². The van der Waals surface area contributed by atoms with Crippen LogP contribution >= 0.6 is 0 Å². The van der Waals surface area contributed by atoms with Gasteiger partial charge in [0.15, 0.2) is 0 Å². The molecule has 5 N–H and O–H groups in total. The molecule has 0 heterocycles. The quantitative estimate of drug-likeness (QED) is 0.226.